The summed E-state index contributed by atoms with van der Waals surface area (Å²) in [5, 5.41) is 4.52. The van der Waals surface area contributed by atoms with Gasteiger partial charge in [-0.15, -0.1) is 0 Å². The fourth-order valence-corrected chi connectivity index (χ4v) is 3.90. The number of amides is 1. The third kappa shape index (κ3) is 3.94. The number of aromatic nitrogens is 1. The largest absolute Gasteiger partial charge is 0.441 e. The minimum Gasteiger partial charge on any atom is -0.441 e. The Kier molecular flexibility index (Phi) is 5.42. The molecule has 0 saturated heterocycles. The fraction of sp³-hybridized carbons (Fsp3) is 0.273. The predicted molar refractivity (Wildman–Crippen MR) is 110 cm³/mol. The van der Waals surface area contributed by atoms with Crippen molar-refractivity contribution < 1.29 is 9.21 Å². The van der Waals surface area contributed by atoms with Gasteiger partial charge < -0.3 is 9.73 Å². The number of carbonyl (C=O) groups is 1. The van der Waals surface area contributed by atoms with Gasteiger partial charge in [0.25, 0.3) is 0 Å². The number of nitrogens with one attached hydrogen (secondary N) is 1. The summed E-state index contributed by atoms with van der Waals surface area (Å²) in [4.78, 5) is 16.9. The van der Waals surface area contributed by atoms with E-state index in [4.69, 9.17) is 27.6 Å². The van der Waals surface area contributed by atoms with Crippen LogP contribution < -0.4 is 5.32 Å². The number of oxazole rings is 1. The first-order valence-electron chi connectivity index (χ1n) is 9.32. The molecule has 1 aliphatic rings. The predicted octanol–water partition coefficient (Wildman–Crippen LogP) is 5.78. The highest BCUT2D eigenvalue weighted by Gasteiger charge is 2.39. The van der Waals surface area contributed by atoms with Gasteiger partial charge in [-0.2, -0.15) is 0 Å². The minimum atomic E-state index is -0.277. The summed E-state index contributed by atoms with van der Waals surface area (Å²) in [6.07, 6.45) is 5.39. The fourth-order valence-electron chi connectivity index (χ4n) is 3.55. The van der Waals surface area contributed by atoms with Crippen molar-refractivity contribution in [1.82, 2.24) is 10.3 Å². The Morgan fingerprint density at radius 2 is 1.86 bits per heavy atom. The molecule has 2 aromatic carbocycles. The lowest BCUT2D eigenvalue weighted by atomic mass is 9.71. The van der Waals surface area contributed by atoms with Crippen LogP contribution in [0.1, 0.15) is 37.1 Å². The van der Waals surface area contributed by atoms with Crippen molar-refractivity contribution in [2.75, 3.05) is 0 Å². The molecule has 1 aliphatic carbocycles. The molecule has 1 saturated carbocycles. The SMILES string of the molecule is O=C(CCc1ncc(-c2ccccc2Cl)o1)NC1(c2ccc(Cl)cc2)CCC1. The summed E-state index contributed by atoms with van der Waals surface area (Å²) < 4.78 is 5.78. The van der Waals surface area contributed by atoms with Crippen molar-refractivity contribution in [1.29, 1.82) is 0 Å². The first-order chi connectivity index (χ1) is 13.6. The number of benzene rings is 2. The Labute approximate surface area is 173 Å². The monoisotopic (exact) mass is 414 g/mol. The summed E-state index contributed by atoms with van der Waals surface area (Å²) in [5.41, 5.74) is 1.62. The lowest BCUT2D eigenvalue weighted by Crippen LogP contribution is -2.50. The van der Waals surface area contributed by atoms with Crippen LogP contribution in [0.4, 0.5) is 0 Å². The van der Waals surface area contributed by atoms with E-state index in [2.05, 4.69) is 10.3 Å². The molecule has 144 valence electrons. The molecule has 1 N–H and O–H groups in total. The van der Waals surface area contributed by atoms with Gasteiger partial charge in [0.15, 0.2) is 11.7 Å². The van der Waals surface area contributed by atoms with Crippen LogP contribution in [0.25, 0.3) is 11.3 Å². The van der Waals surface area contributed by atoms with E-state index in [9.17, 15) is 4.79 Å². The van der Waals surface area contributed by atoms with Gasteiger partial charge in [-0.3, -0.25) is 4.79 Å². The van der Waals surface area contributed by atoms with Crippen LogP contribution in [0.5, 0.6) is 0 Å². The van der Waals surface area contributed by atoms with Gasteiger partial charge in [0.2, 0.25) is 5.91 Å². The third-order valence-electron chi connectivity index (χ3n) is 5.24. The van der Waals surface area contributed by atoms with Crippen LogP contribution in [-0.2, 0) is 16.8 Å². The first kappa shape index (κ1) is 19.0. The number of halogens is 2. The molecule has 0 radical (unpaired) electrons. The topological polar surface area (TPSA) is 55.1 Å². The van der Waals surface area contributed by atoms with E-state index in [1.807, 2.05) is 42.5 Å². The lowest BCUT2D eigenvalue weighted by Gasteiger charge is -2.43. The molecular formula is C22H20Cl2N2O2. The molecule has 1 amide bonds. The van der Waals surface area contributed by atoms with Crippen LogP contribution in [0.3, 0.4) is 0 Å². The van der Waals surface area contributed by atoms with Gasteiger partial charge >= 0.3 is 0 Å². The highest BCUT2D eigenvalue weighted by Crippen LogP contribution is 2.41. The van der Waals surface area contributed by atoms with Crippen LogP contribution in [0.2, 0.25) is 10.0 Å². The molecule has 0 atom stereocenters. The zero-order valence-corrected chi connectivity index (χ0v) is 16.8. The van der Waals surface area contributed by atoms with Crippen LogP contribution in [0, 0.1) is 0 Å². The zero-order chi connectivity index (χ0) is 19.6. The Hall–Kier alpha value is -2.30. The van der Waals surface area contributed by atoms with E-state index < -0.39 is 0 Å². The number of carbonyl (C=O) groups excluding carboxylic acids is 1. The van der Waals surface area contributed by atoms with Crippen molar-refractivity contribution in [3.05, 3.63) is 76.2 Å². The molecule has 0 unspecified atom stereocenters. The molecule has 3 aromatic rings. The van der Waals surface area contributed by atoms with Crippen molar-refractivity contribution in [2.24, 2.45) is 0 Å². The maximum atomic E-state index is 12.6. The van der Waals surface area contributed by atoms with E-state index in [0.29, 0.717) is 34.5 Å². The van der Waals surface area contributed by atoms with Gasteiger partial charge in [-0.25, -0.2) is 4.98 Å². The van der Waals surface area contributed by atoms with Gasteiger partial charge in [0.1, 0.15) is 0 Å². The summed E-state index contributed by atoms with van der Waals surface area (Å²) in [6, 6.07) is 15.2. The van der Waals surface area contributed by atoms with E-state index in [1.54, 1.807) is 12.3 Å². The minimum absolute atomic E-state index is 0.00727. The standard InChI is InChI=1S/C22H20Cl2N2O2/c23-16-8-6-15(7-9-16)22(12-3-13-22)26-20(27)10-11-21-25-14-19(28-21)17-4-1-2-5-18(17)24/h1-2,4-9,14H,3,10-13H2,(H,26,27). The van der Waals surface area contributed by atoms with Gasteiger partial charge in [-0.1, -0.05) is 47.5 Å². The molecule has 4 rings (SSSR count). The number of rotatable bonds is 6. The molecular weight excluding hydrogens is 395 g/mol. The van der Waals surface area contributed by atoms with Crippen molar-refractivity contribution in [2.45, 2.75) is 37.6 Å². The Balaban J connectivity index is 1.38. The Morgan fingerprint density at radius 3 is 2.54 bits per heavy atom. The maximum Gasteiger partial charge on any atom is 0.221 e. The molecule has 0 aliphatic heterocycles. The number of aryl methyl sites for hydroxylation is 1. The highest BCUT2D eigenvalue weighted by molar-refractivity contribution is 6.33. The second kappa shape index (κ2) is 7.98. The summed E-state index contributed by atoms with van der Waals surface area (Å²) in [5.74, 6) is 1.13. The van der Waals surface area contributed by atoms with Crippen molar-refractivity contribution >= 4 is 29.1 Å². The average molecular weight is 415 g/mol. The quantitative estimate of drug-likeness (QED) is 0.556. The average Bonchev–Trinajstić information content (AvgIpc) is 3.13. The molecule has 1 aromatic heterocycles. The molecule has 28 heavy (non-hydrogen) atoms. The van der Waals surface area contributed by atoms with E-state index >= 15 is 0 Å². The van der Waals surface area contributed by atoms with E-state index in [-0.39, 0.29) is 11.4 Å². The summed E-state index contributed by atoms with van der Waals surface area (Å²) >= 11 is 12.2. The van der Waals surface area contributed by atoms with Crippen LogP contribution >= 0.6 is 23.2 Å². The smallest absolute Gasteiger partial charge is 0.221 e. The maximum absolute atomic E-state index is 12.6. The molecule has 1 heterocycles. The lowest BCUT2D eigenvalue weighted by molar-refractivity contribution is -0.124. The van der Waals surface area contributed by atoms with Crippen molar-refractivity contribution in [3.8, 4) is 11.3 Å². The van der Waals surface area contributed by atoms with Gasteiger partial charge in [-0.05, 0) is 49.1 Å². The second-order valence-electron chi connectivity index (χ2n) is 7.09. The normalized spacial score (nSPS) is 15.1. The molecule has 0 bridgehead atoms. The number of nitrogens with zero attached hydrogens (tertiary/aromatic N) is 1. The van der Waals surface area contributed by atoms with E-state index in [1.165, 1.54) is 0 Å². The van der Waals surface area contributed by atoms with E-state index in [0.717, 1.165) is 30.4 Å². The highest BCUT2D eigenvalue weighted by atomic mass is 35.5. The third-order valence-corrected chi connectivity index (χ3v) is 5.82. The Bertz CT molecular complexity index is 978. The molecule has 6 heteroatoms. The van der Waals surface area contributed by atoms with Gasteiger partial charge in [0, 0.05) is 23.4 Å². The van der Waals surface area contributed by atoms with Crippen molar-refractivity contribution in [3.63, 3.8) is 0 Å². The summed E-state index contributed by atoms with van der Waals surface area (Å²) in [7, 11) is 0. The van der Waals surface area contributed by atoms with Crippen LogP contribution in [-0.4, -0.2) is 10.9 Å². The zero-order valence-electron chi connectivity index (χ0n) is 15.3. The molecule has 1 fully saturated rings. The summed E-state index contributed by atoms with van der Waals surface area (Å²) in [6.45, 7) is 0. The second-order valence-corrected chi connectivity index (χ2v) is 7.93. The number of hydrogen-bond donors (Lipinski definition) is 1. The van der Waals surface area contributed by atoms with Crippen LogP contribution in [0.15, 0.2) is 59.1 Å². The molecule has 4 nitrogen and oxygen atoms in total. The molecule has 0 spiro atoms. The van der Waals surface area contributed by atoms with Gasteiger partial charge in [0.05, 0.1) is 16.8 Å². The number of hydrogen-bond acceptors (Lipinski definition) is 3. The Morgan fingerprint density at radius 1 is 1.11 bits per heavy atom. The first-order valence-corrected chi connectivity index (χ1v) is 10.1.